The Morgan fingerprint density at radius 1 is 1.17 bits per heavy atom. The zero-order chi connectivity index (χ0) is 16.7. The van der Waals surface area contributed by atoms with Gasteiger partial charge in [0, 0.05) is 11.6 Å². The second-order valence-corrected chi connectivity index (χ2v) is 6.64. The van der Waals surface area contributed by atoms with Crippen LogP contribution in [-0.2, 0) is 6.18 Å². The van der Waals surface area contributed by atoms with Crippen LogP contribution in [0.15, 0.2) is 28.8 Å². The predicted octanol–water partition coefficient (Wildman–Crippen LogP) is 4.35. The van der Waals surface area contributed by atoms with Crippen LogP contribution in [0.4, 0.5) is 13.2 Å². The van der Waals surface area contributed by atoms with Crippen LogP contribution in [0, 0.1) is 5.92 Å². The van der Waals surface area contributed by atoms with Gasteiger partial charge in [-0.05, 0) is 37.3 Å². The second-order valence-electron chi connectivity index (χ2n) is 6.64. The SMILES string of the molecule is FC(F)(F)c1cccc(-c2noc(C3CC4CCCCC4N3)n2)c1. The van der Waals surface area contributed by atoms with Gasteiger partial charge in [-0.25, -0.2) is 0 Å². The van der Waals surface area contributed by atoms with E-state index in [1.807, 2.05) is 0 Å². The number of fused-ring (bicyclic) bond motifs is 1. The van der Waals surface area contributed by atoms with Crippen molar-refractivity contribution in [1.82, 2.24) is 15.5 Å². The van der Waals surface area contributed by atoms with Gasteiger partial charge in [0.15, 0.2) is 0 Å². The van der Waals surface area contributed by atoms with Crippen LogP contribution in [0.5, 0.6) is 0 Å². The molecule has 1 saturated carbocycles. The summed E-state index contributed by atoms with van der Waals surface area (Å²) in [7, 11) is 0. The van der Waals surface area contributed by atoms with Crippen molar-refractivity contribution in [2.24, 2.45) is 5.92 Å². The first-order valence-corrected chi connectivity index (χ1v) is 8.28. The van der Waals surface area contributed by atoms with Crippen LogP contribution in [0.1, 0.15) is 49.6 Å². The second kappa shape index (κ2) is 5.88. The van der Waals surface area contributed by atoms with Gasteiger partial charge >= 0.3 is 6.18 Å². The number of hydrogen-bond acceptors (Lipinski definition) is 4. The molecule has 1 aromatic carbocycles. The standard InChI is InChI=1S/C17H18F3N3O/c18-17(19,20)12-6-3-5-11(8-12)15-22-16(24-23-15)14-9-10-4-1-2-7-13(10)21-14/h3,5-6,8,10,13-14,21H,1-2,4,7,9H2. The first-order valence-electron chi connectivity index (χ1n) is 8.28. The molecule has 24 heavy (non-hydrogen) atoms. The average molecular weight is 337 g/mol. The molecule has 3 atom stereocenters. The molecule has 1 aliphatic heterocycles. The highest BCUT2D eigenvalue weighted by Crippen LogP contribution is 2.39. The molecule has 4 nitrogen and oxygen atoms in total. The molecule has 4 rings (SSSR count). The lowest BCUT2D eigenvalue weighted by atomic mass is 9.85. The quantitative estimate of drug-likeness (QED) is 0.885. The molecule has 1 saturated heterocycles. The third-order valence-corrected chi connectivity index (χ3v) is 5.05. The highest BCUT2D eigenvalue weighted by atomic mass is 19.4. The van der Waals surface area contributed by atoms with E-state index in [4.69, 9.17) is 4.52 Å². The van der Waals surface area contributed by atoms with E-state index in [2.05, 4.69) is 15.5 Å². The molecule has 3 unspecified atom stereocenters. The zero-order valence-electron chi connectivity index (χ0n) is 13.0. The summed E-state index contributed by atoms with van der Waals surface area (Å²) in [6.07, 6.45) is 1.44. The highest BCUT2D eigenvalue weighted by molar-refractivity contribution is 5.55. The van der Waals surface area contributed by atoms with Crippen LogP contribution in [0.2, 0.25) is 0 Å². The molecular formula is C17H18F3N3O. The Bertz CT molecular complexity index is 714. The molecule has 0 spiro atoms. The number of nitrogens with one attached hydrogen (secondary N) is 1. The van der Waals surface area contributed by atoms with Crippen molar-refractivity contribution < 1.29 is 17.7 Å². The molecule has 2 aliphatic rings. The Hall–Kier alpha value is -1.89. The summed E-state index contributed by atoms with van der Waals surface area (Å²) >= 11 is 0. The maximum atomic E-state index is 12.8. The molecule has 2 heterocycles. The van der Waals surface area contributed by atoms with Crippen molar-refractivity contribution in [3.05, 3.63) is 35.7 Å². The number of nitrogens with zero attached hydrogens (tertiary/aromatic N) is 2. The average Bonchev–Trinajstić information content (AvgIpc) is 3.21. The van der Waals surface area contributed by atoms with Gasteiger partial charge in [-0.1, -0.05) is 30.1 Å². The summed E-state index contributed by atoms with van der Waals surface area (Å²) in [4.78, 5) is 4.34. The summed E-state index contributed by atoms with van der Waals surface area (Å²) in [5.74, 6) is 1.30. The maximum Gasteiger partial charge on any atom is 0.416 e. The lowest BCUT2D eigenvalue weighted by Gasteiger charge is -2.24. The van der Waals surface area contributed by atoms with Gasteiger partial charge in [-0.15, -0.1) is 0 Å². The van der Waals surface area contributed by atoms with Crippen molar-refractivity contribution >= 4 is 0 Å². The van der Waals surface area contributed by atoms with Crippen molar-refractivity contribution in [2.75, 3.05) is 0 Å². The molecule has 2 aromatic rings. The van der Waals surface area contributed by atoms with Crippen LogP contribution in [0.25, 0.3) is 11.4 Å². The van der Waals surface area contributed by atoms with Gasteiger partial charge in [0.25, 0.3) is 0 Å². The molecule has 7 heteroatoms. The Kier molecular flexibility index (Phi) is 3.83. The fourth-order valence-electron chi connectivity index (χ4n) is 3.84. The number of benzene rings is 1. The molecular weight excluding hydrogens is 319 g/mol. The normalized spacial score (nSPS) is 27.2. The van der Waals surface area contributed by atoms with Crippen LogP contribution < -0.4 is 5.32 Å². The summed E-state index contributed by atoms with van der Waals surface area (Å²) in [5, 5.41) is 7.41. The smallest absolute Gasteiger partial charge is 0.337 e. The third kappa shape index (κ3) is 2.92. The van der Waals surface area contributed by atoms with Crippen molar-refractivity contribution in [3.63, 3.8) is 0 Å². The summed E-state index contributed by atoms with van der Waals surface area (Å²) in [5.41, 5.74) is -0.397. The largest absolute Gasteiger partial charge is 0.416 e. The highest BCUT2D eigenvalue weighted by Gasteiger charge is 2.38. The van der Waals surface area contributed by atoms with E-state index in [0.717, 1.165) is 25.0 Å². The number of hydrogen-bond donors (Lipinski definition) is 1. The van der Waals surface area contributed by atoms with E-state index >= 15 is 0 Å². The maximum absolute atomic E-state index is 12.8. The van der Waals surface area contributed by atoms with E-state index in [9.17, 15) is 13.2 Å². The number of rotatable bonds is 2. The zero-order valence-corrected chi connectivity index (χ0v) is 13.0. The molecule has 0 radical (unpaired) electrons. The first-order chi connectivity index (χ1) is 11.5. The number of aromatic nitrogens is 2. The Morgan fingerprint density at radius 3 is 2.79 bits per heavy atom. The molecule has 128 valence electrons. The van der Waals surface area contributed by atoms with E-state index in [-0.39, 0.29) is 11.9 Å². The minimum absolute atomic E-state index is 0.00477. The Balaban J connectivity index is 1.55. The van der Waals surface area contributed by atoms with E-state index in [0.29, 0.717) is 23.4 Å². The third-order valence-electron chi connectivity index (χ3n) is 5.05. The summed E-state index contributed by atoms with van der Waals surface area (Å²) in [6, 6.07) is 5.50. The van der Waals surface area contributed by atoms with Gasteiger partial charge < -0.3 is 9.84 Å². The monoisotopic (exact) mass is 337 g/mol. The topological polar surface area (TPSA) is 51.0 Å². The molecule has 0 bridgehead atoms. The number of halogens is 3. The summed E-state index contributed by atoms with van der Waals surface area (Å²) < 4.78 is 43.8. The van der Waals surface area contributed by atoms with E-state index in [1.54, 1.807) is 6.07 Å². The molecule has 1 aliphatic carbocycles. The molecule has 0 amide bonds. The minimum atomic E-state index is -4.38. The lowest BCUT2D eigenvalue weighted by Crippen LogP contribution is -2.30. The molecule has 2 fully saturated rings. The predicted molar refractivity (Wildman–Crippen MR) is 81.0 cm³/mol. The van der Waals surface area contributed by atoms with Crippen molar-refractivity contribution in [3.8, 4) is 11.4 Å². The van der Waals surface area contributed by atoms with Gasteiger partial charge in [0.2, 0.25) is 11.7 Å². The Morgan fingerprint density at radius 2 is 2.00 bits per heavy atom. The van der Waals surface area contributed by atoms with Gasteiger partial charge in [0.1, 0.15) is 0 Å². The minimum Gasteiger partial charge on any atom is -0.337 e. The van der Waals surface area contributed by atoms with E-state index < -0.39 is 11.7 Å². The van der Waals surface area contributed by atoms with Crippen LogP contribution in [-0.4, -0.2) is 16.2 Å². The Labute approximate surface area is 137 Å². The van der Waals surface area contributed by atoms with E-state index in [1.165, 1.54) is 25.3 Å². The van der Waals surface area contributed by atoms with Gasteiger partial charge in [0.05, 0.1) is 11.6 Å². The first kappa shape index (κ1) is 15.6. The van der Waals surface area contributed by atoms with Gasteiger partial charge in [-0.2, -0.15) is 18.2 Å². The van der Waals surface area contributed by atoms with Crippen molar-refractivity contribution in [2.45, 2.75) is 50.4 Å². The van der Waals surface area contributed by atoms with Crippen molar-refractivity contribution in [1.29, 1.82) is 0 Å². The summed E-state index contributed by atoms with van der Waals surface area (Å²) in [6.45, 7) is 0. The molecule has 1 N–H and O–H groups in total. The number of alkyl halides is 3. The van der Waals surface area contributed by atoms with Gasteiger partial charge in [-0.3, -0.25) is 0 Å². The fourth-order valence-corrected chi connectivity index (χ4v) is 3.84. The van der Waals surface area contributed by atoms with Crippen LogP contribution in [0.3, 0.4) is 0 Å². The van der Waals surface area contributed by atoms with Crippen LogP contribution >= 0.6 is 0 Å². The molecule has 1 aromatic heterocycles. The fraction of sp³-hybridized carbons (Fsp3) is 0.529. The lowest BCUT2D eigenvalue weighted by molar-refractivity contribution is -0.137.